The molecule has 0 radical (unpaired) electrons. The van der Waals surface area contributed by atoms with E-state index in [4.69, 9.17) is 10.00 Å². The Morgan fingerprint density at radius 1 is 1.38 bits per heavy atom. The number of rotatable bonds is 6. The van der Waals surface area contributed by atoms with Crippen molar-refractivity contribution in [1.82, 2.24) is 9.97 Å². The molecule has 0 atom stereocenters. The first-order chi connectivity index (χ1) is 10.3. The predicted octanol–water partition coefficient (Wildman–Crippen LogP) is 3.72. The summed E-state index contributed by atoms with van der Waals surface area (Å²) in [5.74, 6) is 0.814. The quantitative estimate of drug-likeness (QED) is 0.756. The number of unbranched alkanes of at least 4 members (excludes halogenated alkanes) is 1. The van der Waals surface area contributed by atoms with E-state index in [1.807, 2.05) is 37.3 Å². The van der Waals surface area contributed by atoms with Gasteiger partial charge in [-0.2, -0.15) is 5.26 Å². The molecule has 2 rings (SSSR count). The van der Waals surface area contributed by atoms with Gasteiger partial charge in [-0.15, -0.1) is 0 Å². The summed E-state index contributed by atoms with van der Waals surface area (Å²) in [7, 11) is 0. The smallest absolute Gasteiger partial charge is 0.119 e. The van der Waals surface area contributed by atoms with Crippen LogP contribution >= 0.6 is 0 Å². The monoisotopic (exact) mass is 279 g/mol. The average Bonchev–Trinajstić information content (AvgIpc) is 2.53. The third-order valence-electron chi connectivity index (χ3n) is 2.91. The van der Waals surface area contributed by atoms with E-state index in [0.29, 0.717) is 13.0 Å². The number of nitriles is 1. The summed E-state index contributed by atoms with van der Waals surface area (Å²) in [6, 6.07) is 9.97. The maximum atomic E-state index is 8.49. The second-order valence-corrected chi connectivity index (χ2v) is 4.60. The zero-order chi connectivity index (χ0) is 14.9. The highest BCUT2D eigenvalue weighted by Crippen LogP contribution is 2.19. The lowest BCUT2D eigenvalue weighted by Gasteiger charge is -2.06. The van der Waals surface area contributed by atoms with Crippen LogP contribution in [0.1, 0.15) is 31.0 Å². The third kappa shape index (κ3) is 4.73. The van der Waals surface area contributed by atoms with Gasteiger partial charge in [0.25, 0.3) is 0 Å². The van der Waals surface area contributed by atoms with Gasteiger partial charge in [-0.1, -0.05) is 12.1 Å². The highest BCUT2D eigenvalue weighted by atomic mass is 16.5. The number of benzene rings is 1. The molecule has 0 bridgehead atoms. The number of ether oxygens (including phenoxy) is 1. The summed E-state index contributed by atoms with van der Waals surface area (Å²) < 4.78 is 5.63. The normalized spacial score (nSPS) is 11.0. The average molecular weight is 279 g/mol. The van der Waals surface area contributed by atoms with Gasteiger partial charge in [0.05, 0.1) is 24.6 Å². The summed E-state index contributed by atoms with van der Waals surface area (Å²) >= 11 is 0. The van der Waals surface area contributed by atoms with Crippen LogP contribution in [0.2, 0.25) is 0 Å². The molecule has 0 aliphatic carbocycles. The van der Waals surface area contributed by atoms with Crippen molar-refractivity contribution >= 4 is 11.6 Å². The summed E-state index contributed by atoms with van der Waals surface area (Å²) in [5.41, 5.74) is 2.96. The van der Waals surface area contributed by atoms with Crippen LogP contribution in [0.25, 0.3) is 11.6 Å². The van der Waals surface area contributed by atoms with E-state index in [1.165, 1.54) is 0 Å². The summed E-state index contributed by atoms with van der Waals surface area (Å²) in [6.07, 6.45) is 8.40. The minimum absolute atomic E-state index is 0.519. The van der Waals surface area contributed by atoms with E-state index >= 15 is 0 Å². The van der Waals surface area contributed by atoms with Crippen molar-refractivity contribution in [3.05, 3.63) is 54.1 Å². The van der Waals surface area contributed by atoms with Crippen molar-refractivity contribution in [2.24, 2.45) is 0 Å². The van der Waals surface area contributed by atoms with Crippen LogP contribution < -0.4 is 4.74 Å². The largest absolute Gasteiger partial charge is 0.494 e. The van der Waals surface area contributed by atoms with Gasteiger partial charge in [-0.05, 0) is 42.7 Å². The Labute approximate surface area is 124 Å². The van der Waals surface area contributed by atoms with E-state index in [-0.39, 0.29) is 0 Å². The maximum absolute atomic E-state index is 8.49. The number of hydrogen-bond acceptors (Lipinski definition) is 4. The van der Waals surface area contributed by atoms with Crippen LogP contribution in [0, 0.1) is 11.3 Å². The lowest BCUT2D eigenvalue weighted by Crippen LogP contribution is -1.96. The molecule has 0 fully saturated rings. The standard InChI is InChI=1S/C17H17N3O/c1-14(17-13-19-8-9-20-17)11-15-5-4-6-16(12-15)21-10-3-2-7-18/h4-6,8-9,11-13H,2-3,10H2,1H3/b14-11-. The van der Waals surface area contributed by atoms with Crippen molar-refractivity contribution in [2.75, 3.05) is 6.61 Å². The Kier molecular flexibility index (Phi) is 5.48. The van der Waals surface area contributed by atoms with Gasteiger partial charge in [-0.3, -0.25) is 9.97 Å². The van der Waals surface area contributed by atoms with E-state index in [0.717, 1.165) is 29.0 Å². The molecule has 0 amide bonds. The molecular formula is C17H17N3O. The molecule has 21 heavy (non-hydrogen) atoms. The lowest BCUT2D eigenvalue weighted by molar-refractivity contribution is 0.312. The number of aromatic nitrogens is 2. The molecule has 0 spiro atoms. The summed E-state index contributed by atoms with van der Waals surface area (Å²) in [5, 5.41) is 8.49. The molecule has 1 heterocycles. The Hall–Kier alpha value is -2.67. The molecule has 106 valence electrons. The van der Waals surface area contributed by atoms with E-state index < -0.39 is 0 Å². The molecule has 0 unspecified atom stereocenters. The first-order valence-corrected chi connectivity index (χ1v) is 6.84. The molecule has 1 aromatic carbocycles. The molecule has 4 heteroatoms. The van der Waals surface area contributed by atoms with Gasteiger partial charge in [-0.25, -0.2) is 0 Å². The number of allylic oxidation sites excluding steroid dienone is 1. The Morgan fingerprint density at radius 2 is 2.29 bits per heavy atom. The maximum Gasteiger partial charge on any atom is 0.119 e. The fraction of sp³-hybridized carbons (Fsp3) is 0.235. The molecule has 0 aliphatic heterocycles. The van der Waals surface area contributed by atoms with Crippen LogP contribution in [-0.4, -0.2) is 16.6 Å². The van der Waals surface area contributed by atoms with Crippen LogP contribution in [0.3, 0.4) is 0 Å². The van der Waals surface area contributed by atoms with Gasteiger partial charge in [0, 0.05) is 18.8 Å². The highest BCUT2D eigenvalue weighted by molar-refractivity contribution is 5.78. The van der Waals surface area contributed by atoms with E-state index in [1.54, 1.807) is 18.6 Å². The molecule has 1 aromatic heterocycles. The lowest BCUT2D eigenvalue weighted by atomic mass is 10.1. The third-order valence-corrected chi connectivity index (χ3v) is 2.91. The molecular weight excluding hydrogens is 262 g/mol. The van der Waals surface area contributed by atoms with Crippen molar-refractivity contribution in [1.29, 1.82) is 5.26 Å². The molecule has 0 saturated heterocycles. The van der Waals surface area contributed by atoms with Crippen LogP contribution in [0.4, 0.5) is 0 Å². The van der Waals surface area contributed by atoms with Crippen molar-refractivity contribution < 1.29 is 4.74 Å². The molecule has 4 nitrogen and oxygen atoms in total. The molecule has 0 N–H and O–H groups in total. The second-order valence-electron chi connectivity index (χ2n) is 4.60. The van der Waals surface area contributed by atoms with Crippen molar-refractivity contribution in [3.63, 3.8) is 0 Å². The minimum Gasteiger partial charge on any atom is -0.494 e. The van der Waals surface area contributed by atoms with Crippen LogP contribution in [0.15, 0.2) is 42.9 Å². The first kappa shape index (κ1) is 14.7. The molecule has 2 aromatic rings. The van der Waals surface area contributed by atoms with Crippen molar-refractivity contribution in [3.8, 4) is 11.8 Å². The fourth-order valence-electron chi connectivity index (χ4n) is 1.86. The summed E-state index contributed by atoms with van der Waals surface area (Å²) in [6.45, 7) is 2.56. The number of hydrogen-bond donors (Lipinski definition) is 0. The zero-order valence-electron chi connectivity index (χ0n) is 12.0. The first-order valence-electron chi connectivity index (χ1n) is 6.84. The number of nitrogens with zero attached hydrogens (tertiary/aromatic N) is 3. The van der Waals surface area contributed by atoms with Gasteiger partial charge in [0.2, 0.25) is 0 Å². The van der Waals surface area contributed by atoms with Crippen LogP contribution in [-0.2, 0) is 0 Å². The van der Waals surface area contributed by atoms with E-state index in [9.17, 15) is 0 Å². The highest BCUT2D eigenvalue weighted by Gasteiger charge is 1.99. The Bertz CT molecular complexity index is 645. The van der Waals surface area contributed by atoms with E-state index in [2.05, 4.69) is 16.0 Å². The predicted molar refractivity (Wildman–Crippen MR) is 82.4 cm³/mol. The van der Waals surface area contributed by atoms with Crippen molar-refractivity contribution in [2.45, 2.75) is 19.8 Å². The fourth-order valence-corrected chi connectivity index (χ4v) is 1.86. The van der Waals surface area contributed by atoms with Gasteiger partial charge < -0.3 is 4.74 Å². The second kappa shape index (κ2) is 7.81. The van der Waals surface area contributed by atoms with Crippen LogP contribution in [0.5, 0.6) is 5.75 Å². The Morgan fingerprint density at radius 3 is 3.05 bits per heavy atom. The topological polar surface area (TPSA) is 58.8 Å². The molecule has 0 saturated carbocycles. The molecule has 0 aliphatic rings. The zero-order valence-corrected chi connectivity index (χ0v) is 12.0. The van der Waals surface area contributed by atoms with Gasteiger partial charge >= 0.3 is 0 Å². The van der Waals surface area contributed by atoms with Gasteiger partial charge in [0.15, 0.2) is 0 Å². The Balaban J connectivity index is 2.05. The SMILES string of the molecule is C/C(=C/c1cccc(OCCCC#N)c1)c1cnccn1. The van der Waals surface area contributed by atoms with Gasteiger partial charge in [0.1, 0.15) is 5.75 Å². The summed E-state index contributed by atoms with van der Waals surface area (Å²) in [4.78, 5) is 8.34. The minimum atomic E-state index is 0.519.